The molecule has 0 saturated heterocycles. The summed E-state index contributed by atoms with van der Waals surface area (Å²) in [7, 11) is 0. The van der Waals surface area contributed by atoms with Gasteiger partial charge in [-0.25, -0.2) is 9.82 Å². The summed E-state index contributed by atoms with van der Waals surface area (Å²) >= 11 is 0. The topological polar surface area (TPSA) is 118 Å². The summed E-state index contributed by atoms with van der Waals surface area (Å²) in [5, 5.41) is 8.82. The molecule has 0 aliphatic carbocycles. The number of hydrazone groups is 1. The predicted molar refractivity (Wildman–Crippen MR) is 143 cm³/mol. The lowest BCUT2D eigenvalue weighted by Gasteiger charge is -2.15. The molecule has 0 radical (unpaired) electrons. The van der Waals surface area contributed by atoms with Crippen molar-refractivity contribution in [2.45, 2.75) is 27.7 Å². The third kappa shape index (κ3) is 7.63. The van der Waals surface area contributed by atoms with E-state index in [1.165, 1.54) is 24.4 Å². The van der Waals surface area contributed by atoms with Crippen molar-refractivity contribution in [1.29, 1.82) is 0 Å². The van der Waals surface area contributed by atoms with Crippen molar-refractivity contribution in [2.24, 2.45) is 5.10 Å². The molecule has 10 heteroatoms. The molecule has 0 atom stereocenters. The van der Waals surface area contributed by atoms with E-state index in [0.717, 1.165) is 28.4 Å². The summed E-state index contributed by atoms with van der Waals surface area (Å²) in [5.74, 6) is -2.40. The molecule has 0 fully saturated rings. The summed E-state index contributed by atoms with van der Waals surface area (Å²) in [6.07, 6.45) is 1.30. The fourth-order valence-electron chi connectivity index (χ4n) is 3.65. The number of aryl methyl sites for hydroxylation is 3. The Kier molecular flexibility index (Phi) is 9.53. The number of anilines is 2. The van der Waals surface area contributed by atoms with Gasteiger partial charge in [0.1, 0.15) is 5.82 Å². The van der Waals surface area contributed by atoms with Gasteiger partial charge in [0.15, 0.2) is 18.1 Å². The second-order valence-corrected chi connectivity index (χ2v) is 8.38. The van der Waals surface area contributed by atoms with Crippen LogP contribution in [0.1, 0.15) is 29.2 Å². The number of halogens is 1. The maximum absolute atomic E-state index is 13.6. The second-order valence-electron chi connectivity index (χ2n) is 8.38. The Morgan fingerprint density at radius 1 is 0.895 bits per heavy atom. The number of hydrogen-bond acceptors (Lipinski definition) is 6. The van der Waals surface area contributed by atoms with E-state index in [9.17, 15) is 18.8 Å². The SMILES string of the molecule is CCOc1cc(/C=N\NC(=O)C(=O)Nc2ccccc2F)ccc1OCC(=O)Nc1c(C)cc(C)cc1C. The zero-order chi connectivity index (χ0) is 27.7. The molecule has 3 aromatic rings. The standard InChI is InChI=1S/C28H29FN4O5/c1-5-37-24-14-20(15-30-33-28(36)27(35)31-22-9-7-6-8-21(22)29)10-11-23(24)38-16-25(34)32-26-18(3)12-17(2)13-19(26)4/h6-15H,5,16H2,1-4H3,(H,31,35)(H,32,34)(H,33,36)/b30-15-. The van der Waals surface area contributed by atoms with Gasteiger partial charge in [-0.15, -0.1) is 0 Å². The van der Waals surface area contributed by atoms with E-state index in [4.69, 9.17) is 9.47 Å². The van der Waals surface area contributed by atoms with Gasteiger partial charge in [-0.05, 0) is 74.7 Å². The van der Waals surface area contributed by atoms with Gasteiger partial charge in [-0.3, -0.25) is 14.4 Å². The van der Waals surface area contributed by atoms with Crippen LogP contribution in [0, 0.1) is 26.6 Å². The molecule has 3 aromatic carbocycles. The molecule has 3 N–H and O–H groups in total. The van der Waals surface area contributed by atoms with E-state index in [2.05, 4.69) is 21.2 Å². The van der Waals surface area contributed by atoms with Crippen LogP contribution in [0.2, 0.25) is 0 Å². The first-order chi connectivity index (χ1) is 18.2. The Hall–Kier alpha value is -4.73. The van der Waals surface area contributed by atoms with Gasteiger partial charge in [0.05, 0.1) is 18.5 Å². The molecule has 0 bridgehead atoms. The minimum absolute atomic E-state index is 0.119. The molecule has 0 heterocycles. The monoisotopic (exact) mass is 520 g/mol. The maximum Gasteiger partial charge on any atom is 0.329 e. The van der Waals surface area contributed by atoms with Crippen LogP contribution in [-0.4, -0.2) is 37.1 Å². The number of hydrogen-bond donors (Lipinski definition) is 3. The maximum atomic E-state index is 13.6. The molecular formula is C28H29FN4O5. The van der Waals surface area contributed by atoms with Gasteiger partial charge >= 0.3 is 11.8 Å². The molecule has 3 rings (SSSR count). The summed E-state index contributed by atoms with van der Waals surface area (Å²) in [4.78, 5) is 36.4. The normalized spacial score (nSPS) is 10.7. The average Bonchev–Trinajstić information content (AvgIpc) is 2.87. The first-order valence-corrected chi connectivity index (χ1v) is 11.8. The van der Waals surface area contributed by atoms with Gasteiger partial charge in [0.25, 0.3) is 5.91 Å². The Balaban J connectivity index is 1.59. The second kappa shape index (κ2) is 13.0. The quantitative estimate of drug-likeness (QED) is 0.221. The minimum Gasteiger partial charge on any atom is -0.490 e. The zero-order valence-electron chi connectivity index (χ0n) is 21.6. The highest BCUT2D eigenvalue weighted by molar-refractivity contribution is 6.39. The lowest BCUT2D eigenvalue weighted by atomic mass is 10.1. The van der Waals surface area contributed by atoms with Crippen LogP contribution in [0.25, 0.3) is 0 Å². The number of benzene rings is 3. The number of carbonyl (C=O) groups is 3. The van der Waals surface area contributed by atoms with Gasteiger partial charge < -0.3 is 20.1 Å². The highest BCUT2D eigenvalue weighted by Crippen LogP contribution is 2.28. The molecular weight excluding hydrogens is 491 g/mol. The molecule has 3 amide bonds. The van der Waals surface area contributed by atoms with Gasteiger partial charge in [0, 0.05) is 5.69 Å². The number of nitrogens with zero attached hydrogens (tertiary/aromatic N) is 1. The third-order valence-electron chi connectivity index (χ3n) is 5.28. The smallest absolute Gasteiger partial charge is 0.329 e. The van der Waals surface area contributed by atoms with Crippen molar-refractivity contribution >= 4 is 35.3 Å². The molecule has 198 valence electrons. The molecule has 38 heavy (non-hydrogen) atoms. The van der Waals surface area contributed by atoms with E-state index in [-0.39, 0.29) is 18.2 Å². The number of para-hydroxylation sites is 1. The molecule has 0 unspecified atom stereocenters. The van der Waals surface area contributed by atoms with Crippen LogP contribution in [0.5, 0.6) is 11.5 Å². The molecule has 0 spiro atoms. The highest BCUT2D eigenvalue weighted by Gasteiger charge is 2.15. The first-order valence-electron chi connectivity index (χ1n) is 11.8. The predicted octanol–water partition coefficient (Wildman–Crippen LogP) is 4.26. The first kappa shape index (κ1) is 27.9. The van der Waals surface area contributed by atoms with Crippen molar-refractivity contribution in [3.63, 3.8) is 0 Å². The van der Waals surface area contributed by atoms with Crippen LogP contribution in [0.15, 0.2) is 59.7 Å². The number of nitrogens with one attached hydrogen (secondary N) is 3. The summed E-state index contributed by atoms with van der Waals surface area (Å²) in [6, 6.07) is 14.3. The van der Waals surface area contributed by atoms with Crippen molar-refractivity contribution in [1.82, 2.24) is 5.43 Å². The Morgan fingerprint density at radius 2 is 1.61 bits per heavy atom. The molecule has 0 aliphatic rings. The fourth-order valence-corrected chi connectivity index (χ4v) is 3.65. The molecule has 0 aliphatic heterocycles. The minimum atomic E-state index is -1.07. The Labute approximate surface area is 220 Å². The lowest BCUT2D eigenvalue weighted by molar-refractivity contribution is -0.136. The zero-order valence-corrected chi connectivity index (χ0v) is 21.6. The van der Waals surface area contributed by atoms with Gasteiger partial charge in [-0.2, -0.15) is 5.10 Å². The average molecular weight is 521 g/mol. The van der Waals surface area contributed by atoms with Crippen molar-refractivity contribution in [3.05, 3.63) is 82.7 Å². The van der Waals surface area contributed by atoms with Crippen LogP contribution in [0.3, 0.4) is 0 Å². The van der Waals surface area contributed by atoms with Crippen molar-refractivity contribution in [3.8, 4) is 11.5 Å². The van der Waals surface area contributed by atoms with E-state index in [1.807, 2.05) is 32.9 Å². The molecule has 0 aromatic heterocycles. The number of ether oxygens (including phenoxy) is 2. The summed E-state index contributed by atoms with van der Waals surface area (Å²) in [6.45, 7) is 7.78. The highest BCUT2D eigenvalue weighted by atomic mass is 19.1. The van der Waals surface area contributed by atoms with Crippen LogP contribution in [-0.2, 0) is 14.4 Å². The molecule has 9 nitrogen and oxygen atoms in total. The summed E-state index contributed by atoms with van der Waals surface area (Å²) < 4.78 is 24.9. The van der Waals surface area contributed by atoms with Crippen molar-refractivity contribution in [2.75, 3.05) is 23.8 Å². The number of rotatable bonds is 9. The van der Waals surface area contributed by atoms with E-state index in [0.29, 0.717) is 23.7 Å². The van der Waals surface area contributed by atoms with Gasteiger partial charge in [0.2, 0.25) is 0 Å². The summed E-state index contributed by atoms with van der Waals surface area (Å²) in [5.41, 5.74) is 6.30. The third-order valence-corrected chi connectivity index (χ3v) is 5.28. The van der Waals surface area contributed by atoms with Gasteiger partial charge in [-0.1, -0.05) is 29.8 Å². The number of amides is 3. The van der Waals surface area contributed by atoms with E-state index in [1.54, 1.807) is 25.1 Å². The Morgan fingerprint density at radius 3 is 2.29 bits per heavy atom. The van der Waals surface area contributed by atoms with E-state index >= 15 is 0 Å². The van der Waals surface area contributed by atoms with Crippen molar-refractivity contribution < 1.29 is 28.2 Å². The largest absolute Gasteiger partial charge is 0.490 e. The lowest BCUT2D eigenvalue weighted by Crippen LogP contribution is -2.32. The Bertz CT molecular complexity index is 1350. The number of carbonyl (C=O) groups excluding carboxylic acids is 3. The van der Waals surface area contributed by atoms with E-state index < -0.39 is 17.6 Å². The van der Waals surface area contributed by atoms with Crippen LogP contribution >= 0.6 is 0 Å². The van der Waals surface area contributed by atoms with Crippen LogP contribution < -0.4 is 25.5 Å². The van der Waals surface area contributed by atoms with Crippen LogP contribution in [0.4, 0.5) is 15.8 Å². The molecule has 0 saturated carbocycles. The fraction of sp³-hybridized carbons (Fsp3) is 0.214.